The summed E-state index contributed by atoms with van der Waals surface area (Å²) in [6, 6.07) is 10.4. The number of hydrogen-bond donors (Lipinski definition) is 1. The standard InChI is InChI=1S/C17H17FN2O/c1-10(2)20-14-6-4-5-13(18)16(14)19-17(20)12-9-11(3)7-8-15(12)21/h4-10,21H,1-3H3. The van der Waals surface area contributed by atoms with E-state index in [2.05, 4.69) is 4.98 Å². The molecule has 4 heteroatoms. The topological polar surface area (TPSA) is 38.1 Å². The Morgan fingerprint density at radius 3 is 2.67 bits per heavy atom. The number of halogens is 1. The zero-order chi connectivity index (χ0) is 15.1. The van der Waals surface area contributed by atoms with Crippen molar-refractivity contribution in [3.05, 3.63) is 47.8 Å². The molecule has 0 aliphatic heterocycles. The van der Waals surface area contributed by atoms with Crippen LogP contribution in [0.5, 0.6) is 5.75 Å². The lowest BCUT2D eigenvalue weighted by Crippen LogP contribution is -2.03. The fourth-order valence-electron chi connectivity index (χ4n) is 2.62. The fourth-order valence-corrected chi connectivity index (χ4v) is 2.62. The molecule has 1 aromatic heterocycles. The molecule has 1 N–H and O–H groups in total. The molecule has 1 heterocycles. The van der Waals surface area contributed by atoms with Crippen LogP contribution in [-0.2, 0) is 0 Å². The van der Waals surface area contributed by atoms with E-state index >= 15 is 0 Å². The Labute approximate surface area is 122 Å². The Balaban J connectivity index is 2.39. The van der Waals surface area contributed by atoms with Gasteiger partial charge in [0.05, 0.1) is 11.1 Å². The highest BCUT2D eigenvalue weighted by Crippen LogP contribution is 2.34. The van der Waals surface area contributed by atoms with E-state index in [9.17, 15) is 9.50 Å². The number of aromatic hydroxyl groups is 1. The van der Waals surface area contributed by atoms with Crippen LogP contribution in [0.4, 0.5) is 4.39 Å². The second-order valence-electron chi connectivity index (χ2n) is 5.53. The van der Waals surface area contributed by atoms with Crippen LogP contribution in [0.2, 0.25) is 0 Å². The Kier molecular flexibility index (Phi) is 3.16. The summed E-state index contributed by atoms with van der Waals surface area (Å²) >= 11 is 0. The molecule has 0 radical (unpaired) electrons. The molecule has 0 atom stereocenters. The highest BCUT2D eigenvalue weighted by Gasteiger charge is 2.19. The molecule has 3 aromatic rings. The number of aryl methyl sites for hydroxylation is 1. The van der Waals surface area contributed by atoms with Gasteiger partial charge in [0.1, 0.15) is 17.1 Å². The summed E-state index contributed by atoms with van der Waals surface area (Å²) in [4.78, 5) is 4.43. The van der Waals surface area contributed by atoms with Crippen LogP contribution in [0.25, 0.3) is 22.4 Å². The van der Waals surface area contributed by atoms with Gasteiger partial charge in [0.2, 0.25) is 0 Å². The molecule has 0 aliphatic rings. The molecule has 21 heavy (non-hydrogen) atoms. The maximum absolute atomic E-state index is 14.0. The van der Waals surface area contributed by atoms with Crippen molar-refractivity contribution in [3.8, 4) is 17.1 Å². The second kappa shape index (κ2) is 4.88. The zero-order valence-electron chi connectivity index (χ0n) is 12.3. The molecule has 3 rings (SSSR count). The third-order valence-electron chi connectivity index (χ3n) is 3.58. The number of imidazole rings is 1. The van der Waals surface area contributed by atoms with Gasteiger partial charge in [0.25, 0.3) is 0 Å². The van der Waals surface area contributed by atoms with Crippen LogP contribution in [0, 0.1) is 12.7 Å². The Hall–Kier alpha value is -2.36. The van der Waals surface area contributed by atoms with Gasteiger partial charge in [-0.1, -0.05) is 17.7 Å². The molecule has 0 amide bonds. The predicted molar refractivity (Wildman–Crippen MR) is 81.9 cm³/mol. The predicted octanol–water partition coefficient (Wildman–Crippen LogP) is 4.44. The van der Waals surface area contributed by atoms with Crippen molar-refractivity contribution in [1.82, 2.24) is 9.55 Å². The molecular formula is C17H17FN2O. The largest absolute Gasteiger partial charge is 0.507 e. The second-order valence-corrected chi connectivity index (χ2v) is 5.53. The summed E-state index contributed by atoms with van der Waals surface area (Å²) in [5.74, 6) is 0.393. The highest BCUT2D eigenvalue weighted by molar-refractivity contribution is 5.82. The summed E-state index contributed by atoms with van der Waals surface area (Å²) in [6.07, 6.45) is 0. The number of hydrogen-bond acceptors (Lipinski definition) is 2. The van der Waals surface area contributed by atoms with Crippen molar-refractivity contribution in [3.63, 3.8) is 0 Å². The van der Waals surface area contributed by atoms with Crippen molar-refractivity contribution in [1.29, 1.82) is 0 Å². The van der Waals surface area contributed by atoms with Crippen LogP contribution in [0.1, 0.15) is 25.5 Å². The molecule has 0 aliphatic carbocycles. The average molecular weight is 284 g/mol. The first-order chi connectivity index (χ1) is 9.99. The van der Waals surface area contributed by atoms with E-state index in [1.165, 1.54) is 6.07 Å². The molecular weight excluding hydrogens is 267 g/mol. The first kappa shape index (κ1) is 13.6. The van der Waals surface area contributed by atoms with Gasteiger partial charge in [-0.2, -0.15) is 0 Å². The molecule has 0 spiro atoms. The summed E-state index contributed by atoms with van der Waals surface area (Å²) in [5.41, 5.74) is 2.72. The van der Waals surface area contributed by atoms with E-state index in [1.54, 1.807) is 12.1 Å². The quantitative estimate of drug-likeness (QED) is 0.755. The van der Waals surface area contributed by atoms with Gasteiger partial charge in [-0.15, -0.1) is 0 Å². The molecule has 0 fully saturated rings. The normalized spacial score (nSPS) is 11.5. The third-order valence-corrected chi connectivity index (χ3v) is 3.58. The minimum Gasteiger partial charge on any atom is -0.507 e. The molecule has 108 valence electrons. The van der Waals surface area contributed by atoms with E-state index in [0.29, 0.717) is 16.9 Å². The summed E-state index contributed by atoms with van der Waals surface area (Å²) < 4.78 is 16.0. The van der Waals surface area contributed by atoms with Gasteiger partial charge in [0.15, 0.2) is 5.82 Å². The smallest absolute Gasteiger partial charge is 0.151 e. The number of benzene rings is 2. The van der Waals surface area contributed by atoms with Crippen LogP contribution < -0.4 is 0 Å². The van der Waals surface area contributed by atoms with Crippen molar-refractivity contribution in [2.24, 2.45) is 0 Å². The van der Waals surface area contributed by atoms with E-state index in [0.717, 1.165) is 11.1 Å². The van der Waals surface area contributed by atoms with Gasteiger partial charge in [0, 0.05) is 6.04 Å². The van der Waals surface area contributed by atoms with E-state index in [4.69, 9.17) is 0 Å². The summed E-state index contributed by atoms with van der Waals surface area (Å²) in [5, 5.41) is 10.1. The number of nitrogens with zero attached hydrogens (tertiary/aromatic N) is 2. The Morgan fingerprint density at radius 1 is 1.19 bits per heavy atom. The van der Waals surface area contributed by atoms with E-state index in [1.807, 2.05) is 43.5 Å². The van der Waals surface area contributed by atoms with Crippen LogP contribution in [0.15, 0.2) is 36.4 Å². The van der Waals surface area contributed by atoms with Crippen molar-refractivity contribution < 1.29 is 9.50 Å². The molecule has 0 saturated heterocycles. The molecule has 3 nitrogen and oxygen atoms in total. The third kappa shape index (κ3) is 2.17. The minimum absolute atomic E-state index is 0.103. The monoisotopic (exact) mass is 284 g/mol. The number of aromatic nitrogens is 2. The number of rotatable bonds is 2. The average Bonchev–Trinajstić information content (AvgIpc) is 2.82. The fraction of sp³-hybridized carbons (Fsp3) is 0.235. The maximum atomic E-state index is 14.0. The van der Waals surface area contributed by atoms with Crippen LogP contribution in [-0.4, -0.2) is 14.7 Å². The van der Waals surface area contributed by atoms with Gasteiger partial charge in [-0.05, 0) is 45.0 Å². The Bertz CT molecular complexity index is 821. The van der Waals surface area contributed by atoms with Crippen LogP contribution in [0.3, 0.4) is 0 Å². The number of fused-ring (bicyclic) bond motifs is 1. The van der Waals surface area contributed by atoms with Gasteiger partial charge < -0.3 is 9.67 Å². The highest BCUT2D eigenvalue weighted by atomic mass is 19.1. The van der Waals surface area contributed by atoms with Gasteiger partial charge in [-0.3, -0.25) is 0 Å². The first-order valence-electron chi connectivity index (χ1n) is 6.95. The van der Waals surface area contributed by atoms with Gasteiger partial charge in [-0.25, -0.2) is 9.37 Å². The zero-order valence-corrected chi connectivity index (χ0v) is 12.3. The number of para-hydroxylation sites is 1. The van der Waals surface area contributed by atoms with E-state index < -0.39 is 0 Å². The molecule has 0 saturated carbocycles. The number of phenols is 1. The number of phenolic OH excluding ortho intramolecular Hbond substituents is 1. The lowest BCUT2D eigenvalue weighted by molar-refractivity contribution is 0.476. The Morgan fingerprint density at radius 2 is 1.95 bits per heavy atom. The van der Waals surface area contributed by atoms with E-state index in [-0.39, 0.29) is 17.6 Å². The van der Waals surface area contributed by atoms with Crippen molar-refractivity contribution in [2.45, 2.75) is 26.8 Å². The minimum atomic E-state index is -0.347. The van der Waals surface area contributed by atoms with Crippen LogP contribution >= 0.6 is 0 Å². The molecule has 0 unspecified atom stereocenters. The summed E-state index contributed by atoms with van der Waals surface area (Å²) in [7, 11) is 0. The molecule has 2 aromatic carbocycles. The lowest BCUT2D eigenvalue weighted by atomic mass is 10.1. The van der Waals surface area contributed by atoms with Crippen molar-refractivity contribution >= 4 is 11.0 Å². The first-order valence-corrected chi connectivity index (χ1v) is 6.95. The maximum Gasteiger partial charge on any atom is 0.151 e. The lowest BCUT2D eigenvalue weighted by Gasteiger charge is -2.14. The SMILES string of the molecule is Cc1ccc(O)c(-c2nc3c(F)cccc3n2C(C)C)c1. The summed E-state index contributed by atoms with van der Waals surface area (Å²) in [6.45, 7) is 5.98. The molecule has 0 bridgehead atoms. The van der Waals surface area contributed by atoms with Gasteiger partial charge >= 0.3 is 0 Å². The van der Waals surface area contributed by atoms with Crippen molar-refractivity contribution in [2.75, 3.05) is 0 Å².